The van der Waals surface area contributed by atoms with E-state index in [1.54, 1.807) is 11.8 Å². The molecular formula is C20H22N2OS. The van der Waals surface area contributed by atoms with Crippen molar-refractivity contribution < 1.29 is 0 Å². The van der Waals surface area contributed by atoms with Crippen LogP contribution in [0, 0.1) is 0 Å². The summed E-state index contributed by atoms with van der Waals surface area (Å²) in [5, 5.41) is 1.91. The van der Waals surface area contributed by atoms with Crippen molar-refractivity contribution in [2.24, 2.45) is 0 Å². The molecule has 0 unspecified atom stereocenters. The van der Waals surface area contributed by atoms with E-state index in [0.717, 1.165) is 23.5 Å². The lowest BCUT2D eigenvalue weighted by atomic mass is 10.1. The van der Waals surface area contributed by atoms with Crippen LogP contribution in [0.25, 0.3) is 10.9 Å². The van der Waals surface area contributed by atoms with Crippen molar-refractivity contribution in [2.45, 2.75) is 43.6 Å². The molecule has 0 aliphatic rings. The van der Waals surface area contributed by atoms with Crippen molar-refractivity contribution in [1.29, 1.82) is 0 Å². The molecule has 1 heterocycles. The van der Waals surface area contributed by atoms with Crippen molar-refractivity contribution in [3.8, 4) is 0 Å². The first-order chi connectivity index (χ1) is 11.6. The Hall–Kier alpha value is -2.07. The van der Waals surface area contributed by atoms with Gasteiger partial charge in [0.1, 0.15) is 0 Å². The van der Waals surface area contributed by atoms with Gasteiger partial charge in [-0.2, -0.15) is 0 Å². The van der Waals surface area contributed by atoms with Crippen LogP contribution in [-0.2, 0) is 13.0 Å². The molecule has 0 saturated heterocycles. The number of rotatable bonds is 6. The molecular weight excluding hydrogens is 316 g/mol. The Morgan fingerprint density at radius 3 is 2.50 bits per heavy atom. The molecule has 0 radical (unpaired) electrons. The van der Waals surface area contributed by atoms with Crippen molar-refractivity contribution in [2.75, 3.05) is 0 Å². The van der Waals surface area contributed by atoms with E-state index in [2.05, 4.69) is 38.1 Å². The Balaban J connectivity index is 1.89. The molecule has 0 N–H and O–H groups in total. The maximum atomic E-state index is 12.9. The van der Waals surface area contributed by atoms with Crippen LogP contribution in [0.5, 0.6) is 0 Å². The fourth-order valence-electron chi connectivity index (χ4n) is 2.73. The van der Waals surface area contributed by atoms with Crippen LogP contribution in [0.1, 0.15) is 25.8 Å². The van der Waals surface area contributed by atoms with Gasteiger partial charge in [-0.25, -0.2) is 4.98 Å². The van der Waals surface area contributed by atoms with Crippen LogP contribution < -0.4 is 5.56 Å². The summed E-state index contributed by atoms with van der Waals surface area (Å²) in [5.74, 6) is 0. The van der Waals surface area contributed by atoms with E-state index in [4.69, 9.17) is 4.98 Å². The summed E-state index contributed by atoms with van der Waals surface area (Å²) in [6.07, 6.45) is 1.89. The summed E-state index contributed by atoms with van der Waals surface area (Å²) >= 11 is 1.65. The summed E-state index contributed by atoms with van der Waals surface area (Å²) in [7, 11) is 0. The van der Waals surface area contributed by atoms with E-state index in [1.807, 2.05) is 34.9 Å². The van der Waals surface area contributed by atoms with Gasteiger partial charge in [0, 0.05) is 11.8 Å². The molecule has 0 atom stereocenters. The molecule has 3 rings (SSSR count). The molecule has 0 fully saturated rings. The maximum absolute atomic E-state index is 12.9. The Labute approximate surface area is 146 Å². The molecule has 3 aromatic rings. The molecule has 24 heavy (non-hydrogen) atoms. The van der Waals surface area contributed by atoms with Crippen LogP contribution in [0.3, 0.4) is 0 Å². The summed E-state index contributed by atoms with van der Waals surface area (Å²) in [6, 6.07) is 18.0. The topological polar surface area (TPSA) is 34.9 Å². The second-order valence-corrected chi connectivity index (χ2v) is 7.67. The van der Waals surface area contributed by atoms with Crippen molar-refractivity contribution in [3.05, 3.63) is 70.5 Å². The third-order valence-corrected chi connectivity index (χ3v) is 4.85. The van der Waals surface area contributed by atoms with Gasteiger partial charge in [0.25, 0.3) is 5.56 Å². The number of hydrogen-bond donors (Lipinski definition) is 0. The Morgan fingerprint density at radius 2 is 1.75 bits per heavy atom. The average Bonchev–Trinajstić information content (AvgIpc) is 2.58. The number of thioether (sulfide) groups is 1. The molecule has 1 aromatic heterocycles. The molecule has 0 bridgehead atoms. The van der Waals surface area contributed by atoms with Gasteiger partial charge in [-0.05, 0) is 30.5 Å². The molecule has 0 amide bonds. The predicted molar refractivity (Wildman–Crippen MR) is 102 cm³/mol. The van der Waals surface area contributed by atoms with E-state index >= 15 is 0 Å². The monoisotopic (exact) mass is 338 g/mol. The molecule has 4 heteroatoms. The zero-order valence-corrected chi connectivity index (χ0v) is 14.9. The molecule has 0 spiro atoms. The first kappa shape index (κ1) is 16.8. The van der Waals surface area contributed by atoms with Crippen LogP contribution in [-0.4, -0.2) is 14.8 Å². The first-order valence-corrected chi connectivity index (χ1v) is 9.23. The highest BCUT2D eigenvalue weighted by molar-refractivity contribution is 7.99. The summed E-state index contributed by atoms with van der Waals surface area (Å²) in [4.78, 5) is 17.6. The minimum Gasteiger partial charge on any atom is -0.287 e. The van der Waals surface area contributed by atoms with Gasteiger partial charge in [-0.3, -0.25) is 9.36 Å². The lowest BCUT2D eigenvalue weighted by Gasteiger charge is -2.14. The second-order valence-electron chi connectivity index (χ2n) is 6.12. The number of benzene rings is 2. The SMILES string of the molecule is CC(C)Sc1nc2ccccc2c(=O)n1CCCc1ccccc1. The minimum atomic E-state index is 0.0665. The number of fused-ring (bicyclic) bond motifs is 1. The molecule has 0 saturated carbocycles. The Morgan fingerprint density at radius 1 is 1.04 bits per heavy atom. The number of aryl methyl sites for hydroxylation is 1. The number of nitrogens with zero attached hydrogens (tertiary/aromatic N) is 2. The normalized spacial score (nSPS) is 11.3. The average molecular weight is 338 g/mol. The Bertz CT molecular complexity index is 872. The highest BCUT2D eigenvalue weighted by Gasteiger charge is 2.12. The number of para-hydroxylation sites is 1. The van der Waals surface area contributed by atoms with Gasteiger partial charge >= 0.3 is 0 Å². The quantitative estimate of drug-likeness (QED) is 0.489. The van der Waals surface area contributed by atoms with E-state index in [9.17, 15) is 4.79 Å². The van der Waals surface area contributed by atoms with Crippen LogP contribution in [0.4, 0.5) is 0 Å². The predicted octanol–water partition coefficient (Wildman–Crippen LogP) is 4.53. The molecule has 124 valence electrons. The lowest BCUT2D eigenvalue weighted by molar-refractivity contribution is 0.563. The van der Waals surface area contributed by atoms with E-state index in [-0.39, 0.29) is 5.56 Å². The second kappa shape index (κ2) is 7.67. The third-order valence-electron chi connectivity index (χ3n) is 3.86. The molecule has 0 aliphatic heterocycles. The smallest absolute Gasteiger partial charge is 0.262 e. The molecule has 2 aromatic carbocycles. The van der Waals surface area contributed by atoms with Gasteiger partial charge in [0.15, 0.2) is 5.16 Å². The van der Waals surface area contributed by atoms with Crippen molar-refractivity contribution in [3.63, 3.8) is 0 Å². The van der Waals surface area contributed by atoms with Gasteiger partial charge in [-0.15, -0.1) is 0 Å². The fraction of sp³-hybridized carbons (Fsp3) is 0.300. The van der Waals surface area contributed by atoms with E-state index < -0.39 is 0 Å². The fourth-order valence-corrected chi connectivity index (χ4v) is 3.61. The van der Waals surface area contributed by atoms with Crippen LogP contribution >= 0.6 is 11.8 Å². The number of hydrogen-bond acceptors (Lipinski definition) is 3. The van der Waals surface area contributed by atoms with Crippen LogP contribution in [0.2, 0.25) is 0 Å². The van der Waals surface area contributed by atoms with E-state index in [1.165, 1.54) is 5.56 Å². The summed E-state index contributed by atoms with van der Waals surface area (Å²) in [5.41, 5.74) is 2.15. The summed E-state index contributed by atoms with van der Waals surface area (Å²) in [6.45, 7) is 4.95. The van der Waals surface area contributed by atoms with E-state index in [0.29, 0.717) is 17.2 Å². The van der Waals surface area contributed by atoms with Gasteiger partial charge in [0.05, 0.1) is 10.9 Å². The zero-order chi connectivity index (χ0) is 16.9. The minimum absolute atomic E-state index is 0.0665. The zero-order valence-electron chi connectivity index (χ0n) is 14.1. The van der Waals surface area contributed by atoms with Gasteiger partial charge < -0.3 is 0 Å². The highest BCUT2D eigenvalue weighted by atomic mass is 32.2. The van der Waals surface area contributed by atoms with Crippen molar-refractivity contribution in [1.82, 2.24) is 9.55 Å². The highest BCUT2D eigenvalue weighted by Crippen LogP contribution is 2.22. The third kappa shape index (κ3) is 3.88. The van der Waals surface area contributed by atoms with Gasteiger partial charge in [0.2, 0.25) is 0 Å². The standard InChI is InChI=1S/C20H22N2OS/c1-15(2)24-20-21-18-13-7-6-12-17(18)19(23)22(20)14-8-11-16-9-4-3-5-10-16/h3-7,9-10,12-13,15H,8,11,14H2,1-2H3. The first-order valence-electron chi connectivity index (χ1n) is 8.35. The van der Waals surface area contributed by atoms with Crippen LogP contribution in [0.15, 0.2) is 64.5 Å². The molecule has 3 nitrogen and oxygen atoms in total. The largest absolute Gasteiger partial charge is 0.287 e. The molecule has 0 aliphatic carbocycles. The van der Waals surface area contributed by atoms with Crippen molar-refractivity contribution >= 4 is 22.7 Å². The van der Waals surface area contributed by atoms with Gasteiger partial charge in [-0.1, -0.05) is 68.1 Å². The number of aromatic nitrogens is 2. The summed E-state index contributed by atoms with van der Waals surface area (Å²) < 4.78 is 1.84. The lowest BCUT2D eigenvalue weighted by Crippen LogP contribution is -2.24. The Kier molecular flexibility index (Phi) is 5.36. The maximum Gasteiger partial charge on any atom is 0.262 e.